The highest BCUT2D eigenvalue weighted by atomic mass is 32.2. The maximum Gasteiger partial charge on any atom is 0.247 e. The van der Waals surface area contributed by atoms with Gasteiger partial charge in [-0.15, -0.1) is 5.92 Å². The van der Waals surface area contributed by atoms with E-state index < -0.39 is 10.0 Å². The SMILES string of the molecule is CC#CCNS(=O)(=O)c1ccc(=O)[nH]c1. The molecule has 1 aromatic heterocycles. The van der Waals surface area contributed by atoms with Crippen LogP contribution in [0.25, 0.3) is 0 Å². The lowest BCUT2D eigenvalue weighted by molar-refractivity contribution is 0.585. The van der Waals surface area contributed by atoms with E-state index in [-0.39, 0.29) is 17.0 Å². The van der Waals surface area contributed by atoms with Crippen LogP contribution in [0.2, 0.25) is 0 Å². The fraction of sp³-hybridized carbons (Fsp3) is 0.222. The Morgan fingerprint density at radius 1 is 1.47 bits per heavy atom. The van der Waals surface area contributed by atoms with Crippen LogP contribution >= 0.6 is 0 Å². The van der Waals surface area contributed by atoms with E-state index in [1.165, 1.54) is 6.07 Å². The van der Waals surface area contributed by atoms with Crippen molar-refractivity contribution in [2.45, 2.75) is 11.8 Å². The van der Waals surface area contributed by atoms with Gasteiger partial charge in [0, 0.05) is 12.3 Å². The third-order valence-electron chi connectivity index (χ3n) is 1.59. The summed E-state index contributed by atoms with van der Waals surface area (Å²) in [5.41, 5.74) is -0.345. The first-order chi connectivity index (χ1) is 7.06. The van der Waals surface area contributed by atoms with Crippen molar-refractivity contribution in [3.63, 3.8) is 0 Å². The average molecular weight is 226 g/mol. The molecule has 5 nitrogen and oxygen atoms in total. The number of nitrogens with one attached hydrogen (secondary N) is 2. The van der Waals surface area contributed by atoms with Crippen LogP contribution in [-0.2, 0) is 10.0 Å². The fourth-order valence-electron chi connectivity index (χ4n) is 0.866. The van der Waals surface area contributed by atoms with E-state index in [1.807, 2.05) is 0 Å². The summed E-state index contributed by atoms with van der Waals surface area (Å²) in [6.45, 7) is 1.67. The first-order valence-electron chi connectivity index (χ1n) is 4.14. The van der Waals surface area contributed by atoms with Crippen LogP contribution in [0.15, 0.2) is 28.0 Å². The van der Waals surface area contributed by atoms with E-state index in [4.69, 9.17) is 0 Å². The monoisotopic (exact) mass is 226 g/mol. The predicted octanol–water partition coefficient (Wildman–Crippen LogP) is -0.324. The molecule has 0 aliphatic carbocycles. The van der Waals surface area contributed by atoms with Crippen molar-refractivity contribution in [3.8, 4) is 11.8 Å². The van der Waals surface area contributed by atoms with Gasteiger partial charge in [-0.2, -0.15) is 4.72 Å². The molecule has 1 aromatic rings. The lowest BCUT2D eigenvalue weighted by Gasteiger charge is -2.02. The van der Waals surface area contributed by atoms with Gasteiger partial charge in [-0.05, 0) is 13.0 Å². The molecule has 2 N–H and O–H groups in total. The van der Waals surface area contributed by atoms with Gasteiger partial charge in [0.2, 0.25) is 15.6 Å². The van der Waals surface area contributed by atoms with Gasteiger partial charge in [0.25, 0.3) is 0 Å². The topological polar surface area (TPSA) is 79.0 Å². The maximum absolute atomic E-state index is 11.5. The van der Waals surface area contributed by atoms with Gasteiger partial charge in [-0.3, -0.25) is 4.79 Å². The number of rotatable bonds is 3. The van der Waals surface area contributed by atoms with Crippen LogP contribution in [0.1, 0.15) is 6.92 Å². The van der Waals surface area contributed by atoms with Gasteiger partial charge < -0.3 is 4.98 Å². The minimum atomic E-state index is -3.57. The summed E-state index contributed by atoms with van der Waals surface area (Å²) < 4.78 is 25.3. The number of hydrogen-bond acceptors (Lipinski definition) is 3. The van der Waals surface area contributed by atoms with Gasteiger partial charge in [0.15, 0.2) is 0 Å². The molecule has 0 saturated heterocycles. The minimum Gasteiger partial charge on any atom is -0.328 e. The summed E-state index contributed by atoms with van der Waals surface area (Å²) >= 11 is 0. The standard InChI is InChI=1S/C9H10N2O3S/c1-2-3-6-11-15(13,14)8-4-5-9(12)10-7-8/h4-5,7,11H,6H2,1H3,(H,10,12). The molecule has 1 heterocycles. The van der Waals surface area contributed by atoms with Gasteiger partial charge in [-0.1, -0.05) is 5.92 Å². The molecule has 0 aliphatic rings. The number of aromatic amines is 1. The fourth-order valence-corrected chi connectivity index (χ4v) is 1.76. The zero-order chi connectivity index (χ0) is 11.3. The van der Waals surface area contributed by atoms with Crippen molar-refractivity contribution in [2.75, 3.05) is 6.54 Å². The molecule has 0 bridgehead atoms. The first-order valence-corrected chi connectivity index (χ1v) is 5.62. The highest BCUT2D eigenvalue weighted by Gasteiger charge is 2.11. The van der Waals surface area contributed by atoms with Crippen LogP contribution in [0.4, 0.5) is 0 Å². The van der Waals surface area contributed by atoms with E-state index in [1.54, 1.807) is 6.92 Å². The molecule has 80 valence electrons. The molecule has 0 fully saturated rings. The normalized spacial score (nSPS) is 10.5. The van der Waals surface area contributed by atoms with Gasteiger partial charge >= 0.3 is 0 Å². The largest absolute Gasteiger partial charge is 0.328 e. The Hall–Kier alpha value is -1.58. The van der Waals surface area contributed by atoms with Gasteiger partial charge in [0.05, 0.1) is 11.4 Å². The highest BCUT2D eigenvalue weighted by Crippen LogP contribution is 2.02. The smallest absolute Gasteiger partial charge is 0.247 e. The number of pyridine rings is 1. The summed E-state index contributed by atoms with van der Waals surface area (Å²) in [5, 5.41) is 0. The van der Waals surface area contributed by atoms with Crippen molar-refractivity contribution in [1.29, 1.82) is 0 Å². The number of sulfonamides is 1. The molecule has 0 aliphatic heterocycles. The quantitative estimate of drug-likeness (QED) is 0.693. The van der Waals surface area contributed by atoms with Crippen LogP contribution < -0.4 is 10.3 Å². The summed E-state index contributed by atoms with van der Waals surface area (Å²) in [4.78, 5) is 13.0. The molecule has 0 aromatic carbocycles. The molecule has 15 heavy (non-hydrogen) atoms. The van der Waals surface area contributed by atoms with Gasteiger partial charge in [-0.25, -0.2) is 8.42 Å². The first kappa shape index (κ1) is 11.5. The maximum atomic E-state index is 11.5. The third kappa shape index (κ3) is 3.23. The van der Waals surface area contributed by atoms with E-state index in [9.17, 15) is 13.2 Å². The van der Waals surface area contributed by atoms with Crippen molar-refractivity contribution >= 4 is 10.0 Å². The molecule has 1 rings (SSSR count). The Morgan fingerprint density at radius 3 is 2.73 bits per heavy atom. The molecule has 0 radical (unpaired) electrons. The molecular formula is C9H10N2O3S. The van der Waals surface area contributed by atoms with Gasteiger partial charge in [0.1, 0.15) is 0 Å². The lowest BCUT2D eigenvalue weighted by atomic mass is 10.5. The Kier molecular flexibility index (Phi) is 3.66. The van der Waals surface area contributed by atoms with Crippen LogP contribution in [0, 0.1) is 11.8 Å². The third-order valence-corrected chi connectivity index (χ3v) is 2.99. The Balaban J connectivity index is 2.90. The summed E-state index contributed by atoms with van der Waals surface area (Å²) in [6.07, 6.45) is 1.14. The molecule has 0 spiro atoms. The average Bonchev–Trinajstić information content (AvgIpc) is 2.18. The number of H-pyrrole nitrogens is 1. The minimum absolute atomic E-state index is 0.0139. The van der Waals surface area contributed by atoms with E-state index in [0.29, 0.717) is 0 Å². The highest BCUT2D eigenvalue weighted by molar-refractivity contribution is 7.89. The summed E-state index contributed by atoms with van der Waals surface area (Å²) in [7, 11) is -3.57. The zero-order valence-electron chi connectivity index (χ0n) is 8.07. The van der Waals surface area contributed by atoms with Crippen molar-refractivity contribution in [3.05, 3.63) is 28.7 Å². The van der Waals surface area contributed by atoms with Crippen molar-refractivity contribution in [1.82, 2.24) is 9.71 Å². The van der Waals surface area contributed by atoms with Crippen molar-refractivity contribution in [2.24, 2.45) is 0 Å². The molecule has 0 saturated carbocycles. The van der Waals surface area contributed by atoms with Crippen LogP contribution in [0.3, 0.4) is 0 Å². The molecular weight excluding hydrogens is 216 g/mol. The molecule has 6 heteroatoms. The number of aromatic nitrogens is 1. The van der Waals surface area contributed by atoms with Crippen LogP contribution in [0.5, 0.6) is 0 Å². The second-order valence-electron chi connectivity index (χ2n) is 2.64. The molecule has 0 unspecified atom stereocenters. The Bertz CT molecular complexity index is 528. The van der Waals surface area contributed by atoms with E-state index >= 15 is 0 Å². The Morgan fingerprint density at radius 2 is 2.20 bits per heavy atom. The molecule has 0 atom stereocenters. The molecule has 0 amide bonds. The zero-order valence-corrected chi connectivity index (χ0v) is 8.89. The van der Waals surface area contributed by atoms with E-state index in [2.05, 4.69) is 21.5 Å². The predicted molar refractivity (Wildman–Crippen MR) is 55.7 cm³/mol. The second kappa shape index (κ2) is 4.77. The van der Waals surface area contributed by atoms with E-state index in [0.717, 1.165) is 12.3 Å². The van der Waals surface area contributed by atoms with Crippen LogP contribution in [-0.4, -0.2) is 19.9 Å². The van der Waals surface area contributed by atoms with Crippen molar-refractivity contribution < 1.29 is 8.42 Å². The lowest BCUT2D eigenvalue weighted by Crippen LogP contribution is -2.24. The number of hydrogen-bond donors (Lipinski definition) is 2. The summed E-state index contributed by atoms with van der Waals surface area (Å²) in [5.74, 6) is 5.14. The second-order valence-corrected chi connectivity index (χ2v) is 4.41. The Labute approximate surface area is 87.6 Å². The summed E-state index contributed by atoms with van der Waals surface area (Å²) in [6, 6.07) is 2.39.